The standard InChI is InChI=1S/C16H28O3/c1-6-13(12(5)17)16(18)19-15-9-11(4)7-8-14(15)10(2)3/h6,10-15,17H,1,7-9H2,2-5H3/t11-,12+,13-,14+,15-/m0/s1. The van der Waals surface area contributed by atoms with Crippen LogP contribution in [0.3, 0.4) is 0 Å². The molecule has 0 spiro atoms. The number of carbonyl (C=O) groups is 1. The molecule has 1 aliphatic rings. The van der Waals surface area contributed by atoms with Gasteiger partial charge in [-0.2, -0.15) is 0 Å². The SMILES string of the molecule is C=C[C@H](C(=O)O[C@H]1C[C@@H](C)CC[C@@H]1C(C)C)[C@@H](C)O. The summed E-state index contributed by atoms with van der Waals surface area (Å²) in [5.74, 6) is 0.583. The Morgan fingerprint density at radius 2 is 2.00 bits per heavy atom. The minimum Gasteiger partial charge on any atom is -0.462 e. The Bertz CT molecular complexity index is 309. The second-order valence-corrected chi connectivity index (χ2v) is 6.30. The fraction of sp³-hybridized carbons (Fsp3) is 0.812. The van der Waals surface area contributed by atoms with Crippen LogP contribution >= 0.6 is 0 Å². The summed E-state index contributed by atoms with van der Waals surface area (Å²) in [6, 6.07) is 0. The van der Waals surface area contributed by atoms with Crippen molar-refractivity contribution >= 4 is 5.97 Å². The number of ether oxygens (including phenoxy) is 1. The highest BCUT2D eigenvalue weighted by atomic mass is 16.5. The summed E-state index contributed by atoms with van der Waals surface area (Å²) in [6.07, 6.45) is 3.96. The van der Waals surface area contributed by atoms with Gasteiger partial charge in [-0.1, -0.05) is 33.3 Å². The van der Waals surface area contributed by atoms with Gasteiger partial charge in [-0.25, -0.2) is 0 Å². The number of carbonyl (C=O) groups excluding carboxylic acids is 1. The summed E-state index contributed by atoms with van der Waals surface area (Å²) < 4.78 is 5.68. The van der Waals surface area contributed by atoms with Crippen molar-refractivity contribution in [2.45, 2.75) is 59.2 Å². The van der Waals surface area contributed by atoms with Crippen molar-refractivity contribution in [2.75, 3.05) is 0 Å². The van der Waals surface area contributed by atoms with E-state index < -0.39 is 12.0 Å². The Hall–Kier alpha value is -0.830. The fourth-order valence-electron chi connectivity index (χ4n) is 2.97. The van der Waals surface area contributed by atoms with Crippen LogP contribution in [0.15, 0.2) is 12.7 Å². The number of hydrogen-bond acceptors (Lipinski definition) is 3. The molecule has 1 N–H and O–H groups in total. The molecule has 0 bridgehead atoms. The number of rotatable bonds is 5. The van der Waals surface area contributed by atoms with E-state index in [1.54, 1.807) is 6.92 Å². The van der Waals surface area contributed by atoms with Crippen LogP contribution < -0.4 is 0 Å². The largest absolute Gasteiger partial charge is 0.462 e. The summed E-state index contributed by atoms with van der Waals surface area (Å²) in [7, 11) is 0. The lowest BCUT2D eigenvalue weighted by atomic mass is 9.75. The first-order chi connectivity index (χ1) is 8.86. The molecule has 0 heterocycles. The van der Waals surface area contributed by atoms with Gasteiger partial charge in [0.05, 0.1) is 6.10 Å². The molecule has 19 heavy (non-hydrogen) atoms. The fourth-order valence-corrected chi connectivity index (χ4v) is 2.97. The molecule has 1 fully saturated rings. The van der Waals surface area contributed by atoms with Crippen molar-refractivity contribution in [3.63, 3.8) is 0 Å². The first kappa shape index (κ1) is 16.2. The van der Waals surface area contributed by atoms with E-state index >= 15 is 0 Å². The molecule has 0 aromatic heterocycles. The predicted octanol–water partition coefficient (Wildman–Crippen LogP) is 3.17. The molecule has 0 radical (unpaired) electrons. The third-order valence-electron chi connectivity index (χ3n) is 4.27. The summed E-state index contributed by atoms with van der Waals surface area (Å²) in [5.41, 5.74) is 0. The van der Waals surface area contributed by atoms with E-state index in [2.05, 4.69) is 27.4 Å². The normalized spacial score (nSPS) is 30.7. The molecule has 3 heteroatoms. The van der Waals surface area contributed by atoms with Crippen molar-refractivity contribution in [2.24, 2.45) is 23.7 Å². The highest BCUT2D eigenvalue weighted by molar-refractivity contribution is 5.75. The molecule has 110 valence electrons. The molecule has 5 atom stereocenters. The maximum atomic E-state index is 12.1. The van der Waals surface area contributed by atoms with Crippen LogP contribution in [-0.2, 0) is 9.53 Å². The molecule has 1 aliphatic carbocycles. The quantitative estimate of drug-likeness (QED) is 0.615. The van der Waals surface area contributed by atoms with E-state index in [4.69, 9.17) is 4.74 Å². The smallest absolute Gasteiger partial charge is 0.315 e. The third-order valence-corrected chi connectivity index (χ3v) is 4.27. The van der Waals surface area contributed by atoms with E-state index in [1.807, 2.05) is 0 Å². The van der Waals surface area contributed by atoms with Gasteiger partial charge < -0.3 is 9.84 Å². The third kappa shape index (κ3) is 4.34. The number of aliphatic hydroxyl groups excluding tert-OH is 1. The minimum absolute atomic E-state index is 0.0163. The van der Waals surface area contributed by atoms with Crippen LogP contribution in [0.25, 0.3) is 0 Å². The van der Waals surface area contributed by atoms with Crippen LogP contribution in [0.2, 0.25) is 0 Å². The Balaban J connectivity index is 2.70. The van der Waals surface area contributed by atoms with Gasteiger partial charge in [0.1, 0.15) is 12.0 Å². The van der Waals surface area contributed by atoms with Gasteiger partial charge in [0.15, 0.2) is 0 Å². The van der Waals surface area contributed by atoms with Crippen LogP contribution in [0.4, 0.5) is 0 Å². The zero-order chi connectivity index (χ0) is 14.6. The molecule has 1 rings (SSSR count). The average Bonchev–Trinajstić information content (AvgIpc) is 2.28. The molecule has 0 aromatic carbocycles. The summed E-state index contributed by atoms with van der Waals surface area (Å²) >= 11 is 0. The Morgan fingerprint density at radius 1 is 1.37 bits per heavy atom. The maximum absolute atomic E-state index is 12.1. The second kappa shape index (κ2) is 7.09. The van der Waals surface area contributed by atoms with Gasteiger partial charge in [-0.05, 0) is 37.5 Å². The van der Waals surface area contributed by atoms with Crippen molar-refractivity contribution in [3.8, 4) is 0 Å². The van der Waals surface area contributed by atoms with Gasteiger partial charge in [-0.15, -0.1) is 6.58 Å². The highest BCUT2D eigenvalue weighted by Gasteiger charge is 2.35. The van der Waals surface area contributed by atoms with E-state index in [1.165, 1.54) is 12.5 Å². The van der Waals surface area contributed by atoms with Gasteiger partial charge in [0, 0.05) is 0 Å². The zero-order valence-corrected chi connectivity index (χ0v) is 12.6. The Kier molecular flexibility index (Phi) is 6.05. The molecule has 0 amide bonds. The number of hydrogen-bond donors (Lipinski definition) is 1. The summed E-state index contributed by atoms with van der Waals surface area (Å²) in [6.45, 7) is 11.8. The Morgan fingerprint density at radius 3 is 2.47 bits per heavy atom. The molecule has 0 unspecified atom stereocenters. The predicted molar refractivity (Wildman–Crippen MR) is 76.6 cm³/mol. The minimum atomic E-state index is -0.747. The molecule has 0 aliphatic heterocycles. The van der Waals surface area contributed by atoms with Gasteiger partial charge >= 0.3 is 5.97 Å². The maximum Gasteiger partial charge on any atom is 0.315 e. The summed E-state index contributed by atoms with van der Waals surface area (Å²) in [4.78, 5) is 12.1. The van der Waals surface area contributed by atoms with Crippen molar-refractivity contribution in [1.82, 2.24) is 0 Å². The molecular formula is C16H28O3. The molecular weight excluding hydrogens is 240 g/mol. The zero-order valence-electron chi connectivity index (χ0n) is 12.6. The molecule has 1 saturated carbocycles. The van der Waals surface area contributed by atoms with Crippen molar-refractivity contribution < 1.29 is 14.6 Å². The number of esters is 1. The monoisotopic (exact) mass is 268 g/mol. The van der Waals surface area contributed by atoms with Crippen LogP contribution in [0.1, 0.15) is 47.0 Å². The first-order valence-electron chi connectivity index (χ1n) is 7.37. The van der Waals surface area contributed by atoms with Crippen LogP contribution in [-0.4, -0.2) is 23.3 Å². The lowest BCUT2D eigenvalue weighted by Gasteiger charge is -2.37. The second-order valence-electron chi connectivity index (χ2n) is 6.30. The van der Waals surface area contributed by atoms with E-state index in [9.17, 15) is 9.90 Å². The molecule has 0 aromatic rings. The van der Waals surface area contributed by atoms with Crippen LogP contribution in [0.5, 0.6) is 0 Å². The van der Waals surface area contributed by atoms with Crippen LogP contribution in [0, 0.1) is 23.7 Å². The average molecular weight is 268 g/mol. The Labute approximate surface area is 117 Å². The first-order valence-corrected chi connectivity index (χ1v) is 7.37. The molecule has 3 nitrogen and oxygen atoms in total. The highest BCUT2D eigenvalue weighted by Crippen LogP contribution is 2.35. The molecule has 0 saturated heterocycles. The van der Waals surface area contributed by atoms with E-state index in [-0.39, 0.29) is 12.1 Å². The van der Waals surface area contributed by atoms with Crippen molar-refractivity contribution in [1.29, 1.82) is 0 Å². The van der Waals surface area contributed by atoms with Crippen molar-refractivity contribution in [3.05, 3.63) is 12.7 Å². The topological polar surface area (TPSA) is 46.5 Å². The van der Waals surface area contributed by atoms with Gasteiger partial charge in [-0.3, -0.25) is 4.79 Å². The van der Waals surface area contributed by atoms with E-state index in [0.29, 0.717) is 17.8 Å². The lowest BCUT2D eigenvalue weighted by Crippen LogP contribution is -2.38. The lowest BCUT2D eigenvalue weighted by molar-refractivity contribution is -0.162. The van der Waals surface area contributed by atoms with Gasteiger partial charge in [0.25, 0.3) is 0 Å². The number of aliphatic hydroxyl groups is 1. The van der Waals surface area contributed by atoms with E-state index in [0.717, 1.165) is 12.8 Å². The summed E-state index contributed by atoms with van der Waals surface area (Å²) in [5, 5.41) is 9.57. The van der Waals surface area contributed by atoms with Gasteiger partial charge in [0.2, 0.25) is 0 Å².